The van der Waals surface area contributed by atoms with Crippen molar-refractivity contribution in [3.8, 4) is 28.1 Å². The highest BCUT2D eigenvalue weighted by atomic mass is 35.5. The molecule has 0 atom stereocenters. The summed E-state index contributed by atoms with van der Waals surface area (Å²) >= 11 is 6.08. The Labute approximate surface area is 199 Å². The van der Waals surface area contributed by atoms with Crippen molar-refractivity contribution in [2.45, 2.75) is 12.9 Å². The number of hydrogen-bond acceptors (Lipinski definition) is 4. The summed E-state index contributed by atoms with van der Waals surface area (Å²) in [5, 5.41) is 0.630. The molecule has 0 unspecified atom stereocenters. The van der Waals surface area contributed by atoms with Crippen LogP contribution in [-0.2, 0) is 11.3 Å². The van der Waals surface area contributed by atoms with Crippen LogP contribution in [0, 0.1) is 0 Å². The fourth-order valence-electron chi connectivity index (χ4n) is 4.13. The summed E-state index contributed by atoms with van der Waals surface area (Å²) in [5.41, 5.74) is 4.30. The minimum atomic E-state index is -4.78. The van der Waals surface area contributed by atoms with Crippen LogP contribution in [0.15, 0.2) is 66.9 Å². The van der Waals surface area contributed by atoms with Gasteiger partial charge in [-0.3, -0.25) is 4.90 Å². The molecule has 0 spiro atoms. The first kappa shape index (κ1) is 22.7. The first-order valence-corrected chi connectivity index (χ1v) is 11.2. The fraction of sp³-hybridized carbons (Fsp3) is 0.240. The SMILES string of the molecule is FC(F)(F)Oc1ccccc1-c1ccc2nc(-c3ccc(Cl)cc3)c(CN3CCOCC3)n2c1. The average Bonchev–Trinajstić information content (AvgIpc) is 3.17. The number of imidazole rings is 1. The minimum Gasteiger partial charge on any atom is -0.405 e. The van der Waals surface area contributed by atoms with Gasteiger partial charge in [0.05, 0.1) is 24.6 Å². The first-order chi connectivity index (χ1) is 16.4. The number of benzene rings is 2. The average molecular weight is 488 g/mol. The molecule has 1 saturated heterocycles. The molecule has 3 heterocycles. The summed E-state index contributed by atoms with van der Waals surface area (Å²) in [6.45, 7) is 3.50. The monoisotopic (exact) mass is 487 g/mol. The topological polar surface area (TPSA) is 39.0 Å². The van der Waals surface area contributed by atoms with Crippen molar-refractivity contribution in [3.05, 3.63) is 77.6 Å². The molecular weight excluding hydrogens is 467 g/mol. The van der Waals surface area contributed by atoms with Gasteiger partial charge in [0, 0.05) is 47.5 Å². The maximum absolute atomic E-state index is 13.0. The Kier molecular flexibility index (Phi) is 6.20. The van der Waals surface area contributed by atoms with Crippen LogP contribution in [0.1, 0.15) is 5.69 Å². The van der Waals surface area contributed by atoms with Crippen LogP contribution in [-0.4, -0.2) is 47.0 Å². The van der Waals surface area contributed by atoms with Crippen LogP contribution in [0.2, 0.25) is 5.02 Å². The smallest absolute Gasteiger partial charge is 0.405 e. The third kappa shape index (κ3) is 4.89. The third-order valence-corrected chi connectivity index (χ3v) is 5.99. The molecule has 0 aliphatic carbocycles. The molecule has 0 radical (unpaired) electrons. The van der Waals surface area contributed by atoms with E-state index in [1.807, 2.05) is 40.9 Å². The molecule has 0 amide bonds. The summed E-state index contributed by atoms with van der Waals surface area (Å²) in [6.07, 6.45) is -2.96. The number of halogens is 4. The fourth-order valence-corrected chi connectivity index (χ4v) is 4.26. The van der Waals surface area contributed by atoms with Gasteiger partial charge in [-0.2, -0.15) is 0 Å². The zero-order valence-corrected chi connectivity index (χ0v) is 18.8. The summed E-state index contributed by atoms with van der Waals surface area (Å²) < 4.78 is 50.6. The molecule has 176 valence electrons. The Balaban J connectivity index is 1.63. The number of aromatic nitrogens is 2. The van der Waals surface area contributed by atoms with Gasteiger partial charge in [-0.1, -0.05) is 41.9 Å². The maximum Gasteiger partial charge on any atom is 0.573 e. The van der Waals surface area contributed by atoms with Gasteiger partial charge in [-0.15, -0.1) is 13.2 Å². The van der Waals surface area contributed by atoms with Gasteiger partial charge in [-0.25, -0.2) is 4.98 Å². The van der Waals surface area contributed by atoms with E-state index in [-0.39, 0.29) is 5.75 Å². The molecule has 9 heteroatoms. The van der Waals surface area contributed by atoms with Crippen molar-refractivity contribution < 1.29 is 22.6 Å². The van der Waals surface area contributed by atoms with Gasteiger partial charge in [0.15, 0.2) is 0 Å². The quantitative estimate of drug-likeness (QED) is 0.343. The zero-order chi connectivity index (χ0) is 23.7. The second-order valence-corrected chi connectivity index (χ2v) is 8.43. The predicted octanol–water partition coefficient (Wildman–Crippen LogP) is 6.05. The number of fused-ring (bicyclic) bond motifs is 1. The van der Waals surface area contributed by atoms with Crippen molar-refractivity contribution in [1.82, 2.24) is 14.3 Å². The van der Waals surface area contributed by atoms with E-state index in [4.69, 9.17) is 21.3 Å². The van der Waals surface area contributed by atoms with Crippen molar-refractivity contribution in [2.75, 3.05) is 26.3 Å². The second-order valence-electron chi connectivity index (χ2n) is 7.99. The molecule has 2 aromatic heterocycles. The number of ether oxygens (including phenoxy) is 2. The van der Waals surface area contributed by atoms with Crippen molar-refractivity contribution in [3.63, 3.8) is 0 Å². The Morgan fingerprint density at radius 2 is 1.65 bits per heavy atom. The molecular formula is C25H21ClF3N3O2. The van der Waals surface area contributed by atoms with E-state index in [0.29, 0.717) is 41.6 Å². The highest BCUT2D eigenvalue weighted by molar-refractivity contribution is 6.30. The first-order valence-electron chi connectivity index (χ1n) is 10.8. The van der Waals surface area contributed by atoms with Crippen LogP contribution in [0.3, 0.4) is 0 Å². The minimum absolute atomic E-state index is 0.248. The molecule has 1 fully saturated rings. The summed E-state index contributed by atoms with van der Waals surface area (Å²) in [5.74, 6) is -0.248. The van der Waals surface area contributed by atoms with Crippen LogP contribution < -0.4 is 4.74 Å². The standard InChI is InChI=1S/C25H21ClF3N3O2/c26-19-8-5-17(6-9-19)24-21(16-31-11-13-33-14-12-31)32-15-18(7-10-23(32)30-24)20-3-1-2-4-22(20)34-25(27,28)29/h1-10,15H,11-14,16H2. The molecule has 0 N–H and O–H groups in total. The number of alkyl halides is 3. The molecule has 34 heavy (non-hydrogen) atoms. The Morgan fingerprint density at radius 3 is 2.38 bits per heavy atom. The lowest BCUT2D eigenvalue weighted by Gasteiger charge is -2.26. The van der Waals surface area contributed by atoms with Crippen molar-refractivity contribution >= 4 is 17.2 Å². The highest BCUT2D eigenvalue weighted by Gasteiger charge is 2.32. The molecule has 2 aromatic carbocycles. The largest absolute Gasteiger partial charge is 0.573 e. The molecule has 4 aromatic rings. The number of morpholine rings is 1. The summed E-state index contributed by atoms with van der Waals surface area (Å²) in [4.78, 5) is 7.12. The van der Waals surface area contributed by atoms with Gasteiger partial charge < -0.3 is 13.9 Å². The van der Waals surface area contributed by atoms with Crippen LogP contribution in [0.4, 0.5) is 13.2 Å². The lowest BCUT2D eigenvalue weighted by atomic mass is 10.1. The lowest BCUT2D eigenvalue weighted by Crippen LogP contribution is -2.36. The van der Waals surface area contributed by atoms with Crippen molar-refractivity contribution in [2.24, 2.45) is 0 Å². The summed E-state index contributed by atoms with van der Waals surface area (Å²) in [7, 11) is 0. The molecule has 0 bridgehead atoms. The van der Waals surface area contributed by atoms with Gasteiger partial charge in [-0.05, 0) is 30.3 Å². The number of hydrogen-bond donors (Lipinski definition) is 0. The predicted molar refractivity (Wildman–Crippen MR) is 124 cm³/mol. The number of rotatable bonds is 5. The highest BCUT2D eigenvalue weighted by Crippen LogP contribution is 2.35. The molecule has 5 rings (SSSR count). The van der Waals surface area contributed by atoms with Crippen molar-refractivity contribution in [1.29, 1.82) is 0 Å². The Bertz CT molecular complexity index is 1300. The van der Waals surface area contributed by atoms with Crippen LogP contribution >= 0.6 is 11.6 Å². The number of pyridine rings is 1. The van der Waals surface area contributed by atoms with Crippen LogP contribution in [0.25, 0.3) is 28.0 Å². The van der Waals surface area contributed by atoms with Gasteiger partial charge >= 0.3 is 6.36 Å². The summed E-state index contributed by atoms with van der Waals surface area (Å²) in [6, 6.07) is 17.2. The number of para-hydroxylation sites is 1. The molecule has 1 aliphatic heterocycles. The molecule has 0 saturated carbocycles. The maximum atomic E-state index is 13.0. The lowest BCUT2D eigenvalue weighted by molar-refractivity contribution is -0.274. The van der Waals surface area contributed by atoms with E-state index >= 15 is 0 Å². The molecule has 5 nitrogen and oxygen atoms in total. The normalized spacial score (nSPS) is 15.1. The van der Waals surface area contributed by atoms with E-state index < -0.39 is 6.36 Å². The van der Waals surface area contributed by atoms with Gasteiger partial charge in [0.2, 0.25) is 0 Å². The molecule has 1 aliphatic rings. The van der Waals surface area contributed by atoms with E-state index in [0.717, 1.165) is 30.0 Å². The third-order valence-electron chi connectivity index (χ3n) is 5.74. The van der Waals surface area contributed by atoms with Crippen LogP contribution in [0.5, 0.6) is 5.75 Å². The van der Waals surface area contributed by atoms with E-state index in [1.165, 1.54) is 12.1 Å². The zero-order valence-electron chi connectivity index (χ0n) is 18.1. The van der Waals surface area contributed by atoms with E-state index in [2.05, 4.69) is 9.64 Å². The second kappa shape index (κ2) is 9.29. The Morgan fingerprint density at radius 1 is 0.941 bits per heavy atom. The van der Waals surface area contributed by atoms with Gasteiger partial charge in [0.25, 0.3) is 0 Å². The van der Waals surface area contributed by atoms with E-state index in [1.54, 1.807) is 18.2 Å². The van der Waals surface area contributed by atoms with Gasteiger partial charge in [0.1, 0.15) is 11.4 Å². The van der Waals surface area contributed by atoms with E-state index in [9.17, 15) is 13.2 Å². The Hall–Kier alpha value is -3.07. The number of nitrogens with zero attached hydrogens (tertiary/aromatic N) is 3.